The average Bonchev–Trinajstić information content (AvgIpc) is 2.42. The SMILES string of the molecule is O=c1ccn(CCCCOc2ccccc2)c(=O)[nH]1. The van der Waals surface area contributed by atoms with Gasteiger partial charge in [-0.05, 0) is 25.0 Å². The van der Waals surface area contributed by atoms with Gasteiger partial charge in [0.1, 0.15) is 5.75 Å². The van der Waals surface area contributed by atoms with Gasteiger partial charge in [-0.15, -0.1) is 0 Å². The number of nitrogens with one attached hydrogen (secondary N) is 1. The highest BCUT2D eigenvalue weighted by Crippen LogP contribution is 2.08. The van der Waals surface area contributed by atoms with Crippen LogP contribution in [0, 0.1) is 0 Å². The maximum absolute atomic E-state index is 11.4. The van der Waals surface area contributed by atoms with Crippen molar-refractivity contribution in [2.75, 3.05) is 6.61 Å². The van der Waals surface area contributed by atoms with Gasteiger partial charge in [-0.2, -0.15) is 0 Å². The second kappa shape index (κ2) is 6.58. The fraction of sp³-hybridized carbons (Fsp3) is 0.286. The first-order chi connectivity index (χ1) is 9.25. The Morgan fingerprint density at radius 2 is 1.84 bits per heavy atom. The van der Waals surface area contributed by atoms with Crippen molar-refractivity contribution in [1.82, 2.24) is 9.55 Å². The summed E-state index contributed by atoms with van der Waals surface area (Å²) in [4.78, 5) is 24.5. The lowest BCUT2D eigenvalue weighted by Gasteiger charge is -2.06. The van der Waals surface area contributed by atoms with E-state index >= 15 is 0 Å². The van der Waals surface area contributed by atoms with Crippen LogP contribution >= 0.6 is 0 Å². The summed E-state index contributed by atoms with van der Waals surface area (Å²) in [5, 5.41) is 0. The van der Waals surface area contributed by atoms with E-state index in [1.165, 1.54) is 16.8 Å². The van der Waals surface area contributed by atoms with Crippen LogP contribution in [0.5, 0.6) is 5.75 Å². The molecule has 1 aromatic heterocycles. The quantitative estimate of drug-likeness (QED) is 0.798. The molecule has 0 radical (unpaired) electrons. The van der Waals surface area contributed by atoms with E-state index < -0.39 is 0 Å². The molecule has 1 N–H and O–H groups in total. The Bertz CT molecular complexity index is 616. The molecule has 5 heteroatoms. The van der Waals surface area contributed by atoms with E-state index in [0.29, 0.717) is 13.2 Å². The molecule has 0 amide bonds. The van der Waals surface area contributed by atoms with Crippen LogP contribution in [0.4, 0.5) is 0 Å². The number of para-hydroxylation sites is 1. The lowest BCUT2D eigenvalue weighted by Crippen LogP contribution is -2.28. The largest absolute Gasteiger partial charge is 0.494 e. The molecule has 0 aliphatic rings. The summed E-state index contributed by atoms with van der Waals surface area (Å²) in [5.41, 5.74) is -0.731. The van der Waals surface area contributed by atoms with Crippen molar-refractivity contribution >= 4 is 0 Å². The Morgan fingerprint density at radius 3 is 2.58 bits per heavy atom. The van der Waals surface area contributed by atoms with E-state index in [2.05, 4.69) is 4.98 Å². The van der Waals surface area contributed by atoms with Gasteiger partial charge in [-0.3, -0.25) is 9.78 Å². The number of hydrogen-bond acceptors (Lipinski definition) is 3. The third-order valence-electron chi connectivity index (χ3n) is 2.70. The highest BCUT2D eigenvalue weighted by atomic mass is 16.5. The number of nitrogens with zero attached hydrogens (tertiary/aromatic N) is 1. The van der Waals surface area contributed by atoms with Crippen LogP contribution in [0.1, 0.15) is 12.8 Å². The van der Waals surface area contributed by atoms with Crippen LogP contribution in [0.3, 0.4) is 0 Å². The number of ether oxygens (including phenoxy) is 1. The summed E-state index contributed by atoms with van der Waals surface area (Å²) in [6.45, 7) is 1.19. The number of rotatable bonds is 6. The molecule has 1 heterocycles. The monoisotopic (exact) mass is 260 g/mol. The summed E-state index contributed by atoms with van der Waals surface area (Å²) < 4.78 is 7.04. The van der Waals surface area contributed by atoms with Crippen LogP contribution in [0.2, 0.25) is 0 Å². The number of aryl methyl sites for hydroxylation is 1. The van der Waals surface area contributed by atoms with E-state index in [9.17, 15) is 9.59 Å². The minimum absolute atomic E-state index is 0.364. The molecule has 5 nitrogen and oxygen atoms in total. The van der Waals surface area contributed by atoms with Crippen LogP contribution < -0.4 is 16.0 Å². The molecule has 0 bridgehead atoms. The van der Waals surface area contributed by atoms with E-state index in [4.69, 9.17) is 4.74 Å². The molecule has 0 unspecified atom stereocenters. The Balaban J connectivity index is 1.72. The van der Waals surface area contributed by atoms with Crippen LogP contribution in [-0.4, -0.2) is 16.2 Å². The smallest absolute Gasteiger partial charge is 0.328 e. The van der Waals surface area contributed by atoms with Crippen LogP contribution in [0.25, 0.3) is 0 Å². The minimum Gasteiger partial charge on any atom is -0.494 e. The Labute approximate surface area is 110 Å². The molecular formula is C14H16N2O3. The van der Waals surface area contributed by atoms with Crippen LogP contribution in [-0.2, 0) is 6.54 Å². The van der Waals surface area contributed by atoms with Gasteiger partial charge in [0.25, 0.3) is 5.56 Å². The molecule has 2 rings (SSSR count). The zero-order valence-electron chi connectivity index (χ0n) is 10.5. The molecule has 0 fully saturated rings. The fourth-order valence-electron chi connectivity index (χ4n) is 1.71. The summed E-state index contributed by atoms with van der Waals surface area (Å²) in [5.74, 6) is 0.851. The summed E-state index contributed by atoms with van der Waals surface area (Å²) >= 11 is 0. The van der Waals surface area contributed by atoms with Crippen molar-refractivity contribution in [3.63, 3.8) is 0 Å². The van der Waals surface area contributed by atoms with E-state index in [0.717, 1.165) is 18.6 Å². The van der Waals surface area contributed by atoms with Gasteiger partial charge in [-0.1, -0.05) is 18.2 Å². The minimum atomic E-state index is -0.367. The van der Waals surface area contributed by atoms with Gasteiger partial charge in [-0.25, -0.2) is 4.79 Å². The molecule has 0 saturated carbocycles. The molecule has 100 valence electrons. The van der Waals surface area contributed by atoms with E-state index in [1.54, 1.807) is 0 Å². The first-order valence-electron chi connectivity index (χ1n) is 6.23. The third-order valence-corrected chi connectivity index (χ3v) is 2.70. The van der Waals surface area contributed by atoms with Gasteiger partial charge in [0.2, 0.25) is 0 Å². The topological polar surface area (TPSA) is 64.1 Å². The Morgan fingerprint density at radius 1 is 1.05 bits per heavy atom. The van der Waals surface area contributed by atoms with Gasteiger partial charge in [0, 0.05) is 18.8 Å². The highest BCUT2D eigenvalue weighted by Gasteiger charge is 1.97. The van der Waals surface area contributed by atoms with E-state index in [1.807, 2.05) is 30.3 Å². The molecule has 0 saturated heterocycles. The van der Waals surface area contributed by atoms with Crippen molar-refractivity contribution < 1.29 is 4.74 Å². The standard InChI is InChI=1S/C14H16N2O3/c17-13-8-10-16(14(18)15-13)9-4-5-11-19-12-6-2-1-3-7-12/h1-3,6-8,10H,4-5,9,11H2,(H,15,17,18). The Hall–Kier alpha value is -2.30. The van der Waals surface area contributed by atoms with Gasteiger partial charge in [0.15, 0.2) is 0 Å². The van der Waals surface area contributed by atoms with Crippen molar-refractivity contribution in [2.24, 2.45) is 0 Å². The molecule has 1 aromatic carbocycles. The zero-order valence-corrected chi connectivity index (χ0v) is 10.5. The number of benzene rings is 1. The highest BCUT2D eigenvalue weighted by molar-refractivity contribution is 5.20. The molecule has 0 atom stereocenters. The maximum Gasteiger partial charge on any atom is 0.328 e. The molecular weight excluding hydrogens is 244 g/mol. The normalized spacial score (nSPS) is 10.3. The van der Waals surface area contributed by atoms with Crippen molar-refractivity contribution in [1.29, 1.82) is 0 Å². The predicted octanol–water partition coefficient (Wildman–Crippen LogP) is 1.40. The second-order valence-corrected chi connectivity index (χ2v) is 4.17. The first-order valence-corrected chi connectivity index (χ1v) is 6.23. The molecule has 19 heavy (non-hydrogen) atoms. The second-order valence-electron chi connectivity index (χ2n) is 4.17. The number of H-pyrrole nitrogens is 1. The summed E-state index contributed by atoms with van der Waals surface area (Å²) in [6, 6.07) is 11.0. The van der Waals surface area contributed by atoms with E-state index in [-0.39, 0.29) is 11.2 Å². The number of unbranched alkanes of at least 4 members (excludes halogenated alkanes) is 1. The molecule has 0 aliphatic heterocycles. The number of aromatic amines is 1. The molecule has 0 spiro atoms. The molecule has 0 aliphatic carbocycles. The van der Waals surface area contributed by atoms with Crippen LogP contribution in [0.15, 0.2) is 52.2 Å². The predicted molar refractivity (Wildman–Crippen MR) is 72.5 cm³/mol. The van der Waals surface area contributed by atoms with Gasteiger partial charge in [0.05, 0.1) is 6.61 Å². The number of aromatic nitrogens is 2. The maximum atomic E-state index is 11.4. The number of hydrogen-bond donors (Lipinski definition) is 1. The fourth-order valence-corrected chi connectivity index (χ4v) is 1.71. The zero-order chi connectivity index (χ0) is 13.5. The van der Waals surface area contributed by atoms with Crippen molar-refractivity contribution in [2.45, 2.75) is 19.4 Å². The lowest BCUT2D eigenvalue weighted by atomic mass is 10.3. The Kier molecular flexibility index (Phi) is 4.55. The average molecular weight is 260 g/mol. The van der Waals surface area contributed by atoms with Gasteiger partial charge >= 0.3 is 5.69 Å². The lowest BCUT2D eigenvalue weighted by molar-refractivity contribution is 0.302. The van der Waals surface area contributed by atoms with Gasteiger partial charge < -0.3 is 9.30 Å². The molecule has 2 aromatic rings. The first kappa shape index (κ1) is 13.1. The summed E-state index contributed by atoms with van der Waals surface area (Å²) in [7, 11) is 0. The van der Waals surface area contributed by atoms with Crippen molar-refractivity contribution in [3.05, 3.63) is 63.4 Å². The summed E-state index contributed by atoms with van der Waals surface area (Å²) in [6.07, 6.45) is 3.18. The third kappa shape index (κ3) is 4.13. The van der Waals surface area contributed by atoms with Crippen molar-refractivity contribution in [3.8, 4) is 5.75 Å².